The van der Waals surface area contributed by atoms with Crippen LogP contribution in [0.25, 0.3) is 0 Å². The van der Waals surface area contributed by atoms with Gasteiger partial charge in [-0.15, -0.1) is 0 Å². The van der Waals surface area contributed by atoms with Gasteiger partial charge in [0.15, 0.2) is 11.6 Å². The van der Waals surface area contributed by atoms with Crippen molar-refractivity contribution >= 4 is 0 Å². The number of benzene rings is 2. The Morgan fingerprint density at radius 3 is 2.90 bits per heavy atom. The minimum absolute atomic E-state index is 0.133. The molecule has 2 aromatic carbocycles. The summed E-state index contributed by atoms with van der Waals surface area (Å²) in [6.45, 7) is 2.78. The zero-order valence-electron chi connectivity index (χ0n) is 11.9. The van der Waals surface area contributed by atoms with Gasteiger partial charge in [-0.2, -0.15) is 0 Å². The Balaban J connectivity index is 1.69. The second-order valence-electron chi connectivity index (χ2n) is 5.34. The summed E-state index contributed by atoms with van der Waals surface area (Å²) in [5.41, 5.74) is 7.61. The van der Waals surface area contributed by atoms with E-state index >= 15 is 0 Å². The van der Waals surface area contributed by atoms with E-state index in [1.807, 2.05) is 31.2 Å². The van der Waals surface area contributed by atoms with Crippen LogP contribution in [0, 0.1) is 5.82 Å². The molecule has 0 saturated heterocycles. The van der Waals surface area contributed by atoms with Crippen LogP contribution in [0.4, 0.5) is 4.39 Å². The summed E-state index contributed by atoms with van der Waals surface area (Å²) in [4.78, 5) is 0. The lowest BCUT2D eigenvalue weighted by atomic mass is 10.0. The Bertz CT molecular complexity index is 642. The molecule has 0 aliphatic carbocycles. The lowest BCUT2D eigenvalue weighted by Gasteiger charge is -2.13. The van der Waals surface area contributed by atoms with Crippen LogP contribution >= 0.6 is 0 Å². The van der Waals surface area contributed by atoms with Gasteiger partial charge in [0.05, 0.1) is 19.1 Å². The summed E-state index contributed by atoms with van der Waals surface area (Å²) in [6, 6.07) is 12.5. The van der Waals surface area contributed by atoms with Crippen LogP contribution in [0.15, 0.2) is 42.5 Å². The molecule has 3 rings (SSSR count). The molecule has 21 heavy (non-hydrogen) atoms. The maximum atomic E-state index is 14.0. The van der Waals surface area contributed by atoms with E-state index < -0.39 is 0 Å². The van der Waals surface area contributed by atoms with E-state index in [-0.39, 0.29) is 23.5 Å². The maximum Gasteiger partial charge on any atom is 0.165 e. The summed E-state index contributed by atoms with van der Waals surface area (Å²) in [5, 5.41) is 0. The molecule has 0 fully saturated rings. The summed E-state index contributed by atoms with van der Waals surface area (Å²) >= 11 is 0. The number of hydrogen-bond donors (Lipinski definition) is 1. The van der Waals surface area contributed by atoms with E-state index in [0.717, 1.165) is 16.9 Å². The lowest BCUT2D eigenvalue weighted by molar-refractivity contribution is 0.241. The smallest absolute Gasteiger partial charge is 0.165 e. The van der Waals surface area contributed by atoms with E-state index in [4.69, 9.17) is 15.2 Å². The van der Waals surface area contributed by atoms with E-state index in [0.29, 0.717) is 13.2 Å². The molecule has 1 heterocycles. The van der Waals surface area contributed by atoms with Crippen LogP contribution in [-0.2, 0) is 0 Å². The van der Waals surface area contributed by atoms with Gasteiger partial charge in [-0.05, 0) is 30.7 Å². The summed E-state index contributed by atoms with van der Waals surface area (Å²) in [6.07, 6.45) is 0. The highest BCUT2D eigenvalue weighted by Crippen LogP contribution is 2.34. The Morgan fingerprint density at radius 1 is 1.33 bits per heavy atom. The van der Waals surface area contributed by atoms with Crippen molar-refractivity contribution in [1.29, 1.82) is 0 Å². The molecule has 0 aromatic heterocycles. The van der Waals surface area contributed by atoms with Crippen LogP contribution in [0.1, 0.15) is 30.0 Å². The van der Waals surface area contributed by atoms with Gasteiger partial charge in [0.25, 0.3) is 0 Å². The summed E-state index contributed by atoms with van der Waals surface area (Å²) < 4.78 is 25.2. The van der Waals surface area contributed by atoms with Crippen molar-refractivity contribution in [2.45, 2.75) is 18.9 Å². The summed E-state index contributed by atoms with van der Waals surface area (Å²) in [7, 11) is 0. The predicted octanol–water partition coefficient (Wildman–Crippen LogP) is 3.40. The molecule has 1 aliphatic rings. The monoisotopic (exact) mass is 287 g/mol. The number of nitrogens with two attached hydrogens (primary N) is 1. The molecule has 0 spiro atoms. The molecule has 2 aromatic rings. The second kappa shape index (κ2) is 5.74. The van der Waals surface area contributed by atoms with E-state index in [2.05, 4.69) is 0 Å². The third kappa shape index (κ3) is 2.85. The zero-order valence-corrected chi connectivity index (χ0v) is 11.9. The van der Waals surface area contributed by atoms with E-state index in [9.17, 15) is 4.39 Å². The Kier molecular flexibility index (Phi) is 3.80. The van der Waals surface area contributed by atoms with Gasteiger partial charge in [-0.25, -0.2) is 4.39 Å². The van der Waals surface area contributed by atoms with Gasteiger partial charge < -0.3 is 15.2 Å². The first-order valence-corrected chi connectivity index (χ1v) is 7.04. The third-order valence-electron chi connectivity index (χ3n) is 3.72. The van der Waals surface area contributed by atoms with Gasteiger partial charge in [0.1, 0.15) is 5.75 Å². The molecule has 2 atom stereocenters. The fourth-order valence-electron chi connectivity index (χ4n) is 2.48. The molecule has 0 saturated carbocycles. The highest BCUT2D eigenvalue weighted by atomic mass is 19.1. The molecule has 0 bridgehead atoms. The van der Waals surface area contributed by atoms with Crippen molar-refractivity contribution in [3.05, 3.63) is 59.4 Å². The number of halogens is 1. The topological polar surface area (TPSA) is 44.5 Å². The van der Waals surface area contributed by atoms with Gasteiger partial charge in [0, 0.05) is 11.6 Å². The first kappa shape index (κ1) is 13.9. The highest BCUT2D eigenvalue weighted by Gasteiger charge is 2.24. The van der Waals surface area contributed by atoms with Crippen LogP contribution in [-0.4, -0.2) is 13.2 Å². The molecule has 1 unspecified atom stereocenters. The standard InChI is InChI=1S/C17H18FNO2/c1-11(19)12-6-7-17(15(18)8-12)21-10-13-9-20-16-5-3-2-4-14(13)16/h2-8,11,13H,9-10,19H2,1H3/t11-,13?/m1/s1. The van der Waals surface area contributed by atoms with Crippen molar-refractivity contribution in [1.82, 2.24) is 0 Å². The normalized spacial score (nSPS) is 18.0. The van der Waals surface area contributed by atoms with Gasteiger partial charge in [-0.1, -0.05) is 24.3 Å². The maximum absolute atomic E-state index is 14.0. The minimum atomic E-state index is -0.378. The molecule has 1 aliphatic heterocycles. The van der Waals surface area contributed by atoms with Gasteiger partial charge in [0.2, 0.25) is 0 Å². The largest absolute Gasteiger partial charge is 0.493 e. The summed E-state index contributed by atoms with van der Waals surface area (Å²) in [5.74, 6) is 0.897. The average Bonchev–Trinajstić information content (AvgIpc) is 2.89. The van der Waals surface area contributed by atoms with Crippen molar-refractivity contribution in [2.75, 3.05) is 13.2 Å². The van der Waals surface area contributed by atoms with Crippen LogP contribution in [0.5, 0.6) is 11.5 Å². The number of ether oxygens (including phenoxy) is 2. The highest BCUT2D eigenvalue weighted by molar-refractivity contribution is 5.40. The number of hydrogen-bond acceptors (Lipinski definition) is 3. The average molecular weight is 287 g/mol. The van der Waals surface area contributed by atoms with Crippen molar-refractivity contribution in [3.8, 4) is 11.5 Å². The molecule has 4 heteroatoms. The lowest BCUT2D eigenvalue weighted by Crippen LogP contribution is -2.12. The fraction of sp³-hybridized carbons (Fsp3) is 0.294. The van der Waals surface area contributed by atoms with Gasteiger partial charge in [-0.3, -0.25) is 0 Å². The molecule has 2 N–H and O–H groups in total. The third-order valence-corrected chi connectivity index (χ3v) is 3.72. The number of rotatable bonds is 4. The van der Waals surface area contributed by atoms with Gasteiger partial charge >= 0.3 is 0 Å². The van der Waals surface area contributed by atoms with Crippen molar-refractivity contribution in [3.63, 3.8) is 0 Å². The first-order valence-electron chi connectivity index (χ1n) is 7.04. The molecule has 0 amide bonds. The molecule has 110 valence electrons. The van der Waals surface area contributed by atoms with Crippen LogP contribution in [0.2, 0.25) is 0 Å². The Morgan fingerprint density at radius 2 is 2.14 bits per heavy atom. The SMILES string of the molecule is C[C@@H](N)c1ccc(OCC2COc3ccccc32)c(F)c1. The Hall–Kier alpha value is -2.07. The van der Waals surface area contributed by atoms with Crippen LogP contribution < -0.4 is 15.2 Å². The second-order valence-corrected chi connectivity index (χ2v) is 5.34. The number of para-hydroxylation sites is 1. The van der Waals surface area contributed by atoms with Crippen molar-refractivity contribution < 1.29 is 13.9 Å². The molecule has 0 radical (unpaired) electrons. The van der Waals surface area contributed by atoms with E-state index in [1.54, 1.807) is 12.1 Å². The van der Waals surface area contributed by atoms with E-state index in [1.165, 1.54) is 6.07 Å². The number of fused-ring (bicyclic) bond motifs is 1. The molecular formula is C17H18FNO2. The quantitative estimate of drug-likeness (QED) is 0.937. The molecule has 3 nitrogen and oxygen atoms in total. The zero-order chi connectivity index (χ0) is 14.8. The fourth-order valence-corrected chi connectivity index (χ4v) is 2.48. The minimum Gasteiger partial charge on any atom is -0.493 e. The molecular weight excluding hydrogens is 269 g/mol. The predicted molar refractivity (Wildman–Crippen MR) is 79.2 cm³/mol. The van der Waals surface area contributed by atoms with Crippen molar-refractivity contribution in [2.24, 2.45) is 5.73 Å². The Labute approximate surface area is 123 Å². The first-order chi connectivity index (χ1) is 10.1. The van der Waals surface area contributed by atoms with Crippen LogP contribution in [0.3, 0.4) is 0 Å².